The first-order chi connectivity index (χ1) is 17.4. The molecule has 0 spiro atoms. The van der Waals surface area contributed by atoms with E-state index in [1.54, 1.807) is 7.11 Å². The van der Waals surface area contributed by atoms with Gasteiger partial charge in [0.15, 0.2) is 0 Å². The van der Waals surface area contributed by atoms with Crippen LogP contribution in [0.15, 0.2) is 72.8 Å². The lowest BCUT2D eigenvalue weighted by Gasteiger charge is -2.45. The summed E-state index contributed by atoms with van der Waals surface area (Å²) >= 11 is 0. The molecular formula is C31H39NO4. The zero-order chi connectivity index (χ0) is 25.7. The smallest absolute Gasteiger partial charge is 0.127 e. The summed E-state index contributed by atoms with van der Waals surface area (Å²) in [4.78, 5) is 2.19. The molecule has 0 saturated carbocycles. The molecule has 192 valence electrons. The first kappa shape index (κ1) is 26.1. The predicted molar refractivity (Wildman–Crippen MR) is 144 cm³/mol. The summed E-state index contributed by atoms with van der Waals surface area (Å²) in [6, 6.07) is 25.0. The quantitative estimate of drug-likeness (QED) is 0.386. The first-order valence-electron chi connectivity index (χ1n) is 12.9. The number of aliphatic hydroxyl groups is 1. The van der Waals surface area contributed by atoms with E-state index in [0.29, 0.717) is 6.54 Å². The van der Waals surface area contributed by atoms with Crippen LogP contribution in [0.4, 0.5) is 0 Å². The Morgan fingerprint density at radius 2 is 1.58 bits per heavy atom. The first-order valence-corrected chi connectivity index (χ1v) is 12.9. The summed E-state index contributed by atoms with van der Waals surface area (Å²) in [6.07, 6.45) is -0.523. The second kappa shape index (κ2) is 11.4. The van der Waals surface area contributed by atoms with E-state index in [1.807, 2.05) is 24.3 Å². The molecule has 1 heterocycles. The maximum atomic E-state index is 10.4. The minimum atomic E-state index is -0.523. The molecule has 1 aliphatic heterocycles. The van der Waals surface area contributed by atoms with Gasteiger partial charge in [0.05, 0.1) is 7.11 Å². The molecule has 0 fully saturated rings. The minimum absolute atomic E-state index is 0.0966. The van der Waals surface area contributed by atoms with Gasteiger partial charge >= 0.3 is 0 Å². The van der Waals surface area contributed by atoms with Gasteiger partial charge in [0.2, 0.25) is 0 Å². The lowest BCUT2D eigenvalue weighted by molar-refractivity contribution is 0.0527. The molecule has 0 aromatic heterocycles. The van der Waals surface area contributed by atoms with Gasteiger partial charge in [0, 0.05) is 30.0 Å². The van der Waals surface area contributed by atoms with Crippen molar-refractivity contribution >= 4 is 0 Å². The van der Waals surface area contributed by atoms with Crippen LogP contribution in [0.25, 0.3) is 0 Å². The molecule has 1 N–H and O–H groups in total. The third-order valence-corrected chi connectivity index (χ3v) is 7.21. The van der Waals surface area contributed by atoms with E-state index in [9.17, 15) is 5.11 Å². The molecule has 3 aromatic carbocycles. The van der Waals surface area contributed by atoms with Crippen LogP contribution in [0.2, 0.25) is 0 Å². The monoisotopic (exact) mass is 489 g/mol. The summed E-state index contributed by atoms with van der Waals surface area (Å²) in [5.74, 6) is 2.61. The van der Waals surface area contributed by atoms with E-state index in [1.165, 1.54) is 11.1 Å². The lowest BCUT2D eigenvalue weighted by atomic mass is 9.68. The number of fused-ring (bicyclic) bond motifs is 1. The van der Waals surface area contributed by atoms with Crippen molar-refractivity contribution in [3.05, 3.63) is 89.5 Å². The summed E-state index contributed by atoms with van der Waals surface area (Å²) < 4.78 is 18.0. The van der Waals surface area contributed by atoms with Gasteiger partial charge in [-0.25, -0.2) is 0 Å². The highest BCUT2D eigenvalue weighted by atomic mass is 16.5. The van der Waals surface area contributed by atoms with Gasteiger partial charge in [-0.2, -0.15) is 0 Å². The van der Waals surface area contributed by atoms with Crippen LogP contribution in [-0.4, -0.2) is 55.1 Å². The number of hydrogen-bond acceptors (Lipinski definition) is 5. The van der Waals surface area contributed by atoms with Crippen LogP contribution in [0.5, 0.6) is 17.2 Å². The fraction of sp³-hybridized carbons (Fsp3) is 0.419. The van der Waals surface area contributed by atoms with Crippen LogP contribution in [-0.2, 0) is 0 Å². The normalized spacial score (nSPS) is 19.3. The molecule has 0 bridgehead atoms. The average molecular weight is 490 g/mol. The Hall–Kier alpha value is -3.02. The summed E-state index contributed by atoms with van der Waals surface area (Å²) in [5, 5.41) is 10.4. The van der Waals surface area contributed by atoms with Gasteiger partial charge < -0.3 is 24.2 Å². The molecule has 3 atom stereocenters. The maximum Gasteiger partial charge on any atom is 0.127 e. The fourth-order valence-corrected chi connectivity index (χ4v) is 5.34. The standard InChI is InChI=1S/C31H39NO4/c1-6-32(7-2)20-24(33)21-35-25-15-13-22(14-16-25)29-27-18-17-26(34-5)19-28(27)36-31(3,4)30(29)23-11-9-8-10-12-23/h8-19,24,29-30,33H,6-7,20-21H2,1-5H3/t24-,29-,30+/m1/s1. The minimum Gasteiger partial charge on any atom is -0.497 e. The topological polar surface area (TPSA) is 51.2 Å². The Morgan fingerprint density at radius 3 is 2.22 bits per heavy atom. The van der Waals surface area contributed by atoms with Crippen molar-refractivity contribution in [3.63, 3.8) is 0 Å². The SMILES string of the molecule is CCN(CC)C[C@@H](O)COc1ccc([C@@H]2c3ccc(OC)cc3OC(C)(C)[C@H]2c2ccccc2)cc1. The molecule has 3 aromatic rings. The second-order valence-electron chi connectivity index (χ2n) is 10.00. The molecule has 5 nitrogen and oxygen atoms in total. The number of rotatable bonds is 10. The Kier molecular flexibility index (Phi) is 8.22. The van der Waals surface area contributed by atoms with Crippen LogP contribution < -0.4 is 14.2 Å². The number of nitrogens with zero attached hydrogens (tertiary/aromatic N) is 1. The Balaban J connectivity index is 1.63. The van der Waals surface area contributed by atoms with Crippen molar-refractivity contribution in [2.24, 2.45) is 0 Å². The number of hydrogen-bond donors (Lipinski definition) is 1. The Morgan fingerprint density at radius 1 is 0.917 bits per heavy atom. The van der Waals surface area contributed by atoms with Crippen LogP contribution >= 0.6 is 0 Å². The zero-order valence-electron chi connectivity index (χ0n) is 22.1. The molecule has 0 amide bonds. The van der Waals surface area contributed by atoms with Crippen molar-refractivity contribution in [1.82, 2.24) is 4.90 Å². The average Bonchev–Trinajstić information content (AvgIpc) is 2.89. The molecular weight excluding hydrogens is 450 g/mol. The molecule has 5 heteroatoms. The van der Waals surface area contributed by atoms with Gasteiger partial charge in [-0.1, -0.05) is 62.4 Å². The van der Waals surface area contributed by atoms with Crippen molar-refractivity contribution < 1.29 is 19.3 Å². The van der Waals surface area contributed by atoms with E-state index in [0.717, 1.165) is 35.9 Å². The molecule has 0 aliphatic carbocycles. The molecule has 0 radical (unpaired) electrons. The van der Waals surface area contributed by atoms with E-state index >= 15 is 0 Å². The molecule has 4 rings (SSSR count). The van der Waals surface area contributed by atoms with Gasteiger partial charge in [-0.05, 0) is 56.3 Å². The molecule has 0 saturated heterocycles. The number of aliphatic hydroxyl groups excluding tert-OH is 1. The highest BCUT2D eigenvalue weighted by Crippen LogP contribution is 2.53. The molecule has 1 aliphatic rings. The summed E-state index contributed by atoms with van der Waals surface area (Å²) in [6.45, 7) is 11.2. The maximum absolute atomic E-state index is 10.4. The van der Waals surface area contributed by atoms with E-state index < -0.39 is 11.7 Å². The number of ether oxygens (including phenoxy) is 3. The van der Waals surface area contributed by atoms with Crippen LogP contribution in [0, 0.1) is 0 Å². The van der Waals surface area contributed by atoms with Crippen molar-refractivity contribution in [2.75, 3.05) is 33.4 Å². The van der Waals surface area contributed by atoms with Gasteiger partial charge in [0.25, 0.3) is 0 Å². The van der Waals surface area contributed by atoms with Crippen molar-refractivity contribution in [2.45, 2.75) is 51.2 Å². The third-order valence-electron chi connectivity index (χ3n) is 7.21. The number of likely N-dealkylation sites (N-methyl/N-ethyl adjacent to an activating group) is 1. The highest BCUT2D eigenvalue weighted by Gasteiger charge is 2.45. The number of methoxy groups -OCH3 is 1. The second-order valence-corrected chi connectivity index (χ2v) is 10.00. The van der Waals surface area contributed by atoms with Gasteiger partial charge in [-0.15, -0.1) is 0 Å². The lowest BCUT2D eigenvalue weighted by Crippen LogP contribution is -2.43. The van der Waals surface area contributed by atoms with Gasteiger partial charge in [0.1, 0.15) is 35.6 Å². The van der Waals surface area contributed by atoms with E-state index in [2.05, 4.69) is 81.1 Å². The van der Waals surface area contributed by atoms with E-state index in [-0.39, 0.29) is 18.4 Å². The predicted octanol–water partition coefficient (Wildman–Crippen LogP) is 5.86. The molecule has 0 unspecified atom stereocenters. The van der Waals surface area contributed by atoms with Gasteiger partial charge in [-0.3, -0.25) is 0 Å². The van der Waals surface area contributed by atoms with Crippen molar-refractivity contribution in [1.29, 1.82) is 0 Å². The van der Waals surface area contributed by atoms with Crippen LogP contribution in [0.3, 0.4) is 0 Å². The largest absolute Gasteiger partial charge is 0.497 e. The zero-order valence-corrected chi connectivity index (χ0v) is 22.1. The third kappa shape index (κ3) is 5.69. The van der Waals surface area contributed by atoms with E-state index in [4.69, 9.17) is 14.2 Å². The van der Waals surface area contributed by atoms with Crippen LogP contribution in [0.1, 0.15) is 56.2 Å². The summed E-state index contributed by atoms with van der Waals surface area (Å²) in [5.41, 5.74) is 3.15. The Labute approximate surface area is 215 Å². The molecule has 36 heavy (non-hydrogen) atoms. The number of benzene rings is 3. The summed E-state index contributed by atoms with van der Waals surface area (Å²) in [7, 11) is 1.68. The Bertz CT molecular complexity index is 1110. The fourth-order valence-electron chi connectivity index (χ4n) is 5.34. The van der Waals surface area contributed by atoms with Crippen molar-refractivity contribution in [3.8, 4) is 17.2 Å². The highest BCUT2D eigenvalue weighted by molar-refractivity contribution is 5.52.